The van der Waals surface area contributed by atoms with Crippen molar-refractivity contribution in [2.45, 2.75) is 6.54 Å². The third kappa shape index (κ3) is 4.30. The molecule has 160 valence electrons. The van der Waals surface area contributed by atoms with E-state index in [0.29, 0.717) is 21.7 Å². The van der Waals surface area contributed by atoms with Crippen molar-refractivity contribution in [1.82, 2.24) is 15.1 Å². The molecule has 0 bridgehead atoms. The molecule has 2 heterocycles. The summed E-state index contributed by atoms with van der Waals surface area (Å²) in [4.78, 5) is 49.6. The van der Waals surface area contributed by atoms with Gasteiger partial charge in [-0.1, -0.05) is 35.6 Å². The first-order valence-electron chi connectivity index (χ1n) is 9.41. The van der Waals surface area contributed by atoms with Crippen LogP contribution in [0.1, 0.15) is 41.6 Å². The highest BCUT2D eigenvalue weighted by atomic mass is 32.1. The number of carbonyl (C=O) groups excluding carboxylic acids is 4. The Hall–Kier alpha value is -4.18. The molecule has 0 saturated carbocycles. The van der Waals surface area contributed by atoms with Crippen LogP contribution in [-0.4, -0.2) is 45.9 Å². The van der Waals surface area contributed by atoms with Crippen LogP contribution in [0.15, 0.2) is 54.6 Å². The molecule has 0 atom stereocenters. The molecule has 10 heteroatoms. The number of ether oxygens (including phenoxy) is 1. The van der Waals surface area contributed by atoms with Gasteiger partial charge in [-0.3, -0.25) is 24.6 Å². The lowest BCUT2D eigenvalue weighted by atomic mass is 10.1. The summed E-state index contributed by atoms with van der Waals surface area (Å²) in [5, 5.41) is 11.1. The molecule has 0 aliphatic carbocycles. The van der Waals surface area contributed by atoms with Crippen molar-refractivity contribution in [3.05, 3.63) is 81.9 Å². The summed E-state index contributed by atoms with van der Waals surface area (Å²) in [6, 6.07) is 13.2. The second-order valence-electron chi connectivity index (χ2n) is 6.68. The second kappa shape index (κ2) is 8.90. The molecule has 1 aliphatic heterocycles. The van der Waals surface area contributed by atoms with Gasteiger partial charge >= 0.3 is 5.97 Å². The van der Waals surface area contributed by atoms with Crippen molar-refractivity contribution >= 4 is 46.2 Å². The van der Waals surface area contributed by atoms with Crippen molar-refractivity contribution in [2.75, 3.05) is 12.4 Å². The number of fused-ring (bicyclic) bond motifs is 1. The van der Waals surface area contributed by atoms with Gasteiger partial charge in [-0.05, 0) is 35.9 Å². The number of esters is 1. The van der Waals surface area contributed by atoms with E-state index in [0.717, 1.165) is 21.8 Å². The second-order valence-corrected chi connectivity index (χ2v) is 7.74. The van der Waals surface area contributed by atoms with Gasteiger partial charge in [-0.2, -0.15) is 0 Å². The number of nitrogens with zero attached hydrogens (tertiary/aromatic N) is 3. The monoisotopic (exact) mass is 448 g/mol. The highest BCUT2D eigenvalue weighted by molar-refractivity contribution is 7.15. The van der Waals surface area contributed by atoms with Crippen LogP contribution in [0.5, 0.6) is 0 Å². The maximum atomic E-state index is 12.4. The summed E-state index contributed by atoms with van der Waals surface area (Å²) in [7, 11) is 1.30. The fraction of sp³-hybridized carbons (Fsp3) is 0.0909. The molecule has 3 amide bonds. The number of anilines is 1. The minimum absolute atomic E-state index is 0.0255. The van der Waals surface area contributed by atoms with Crippen LogP contribution in [0.4, 0.5) is 5.13 Å². The molecule has 0 radical (unpaired) electrons. The summed E-state index contributed by atoms with van der Waals surface area (Å²) < 4.78 is 4.64. The Labute approximate surface area is 186 Å². The number of aromatic nitrogens is 2. The van der Waals surface area contributed by atoms with Crippen molar-refractivity contribution in [3.63, 3.8) is 0 Å². The zero-order valence-corrected chi connectivity index (χ0v) is 17.6. The number of imide groups is 1. The minimum Gasteiger partial charge on any atom is -0.465 e. The van der Waals surface area contributed by atoms with Crippen LogP contribution < -0.4 is 5.32 Å². The van der Waals surface area contributed by atoms with E-state index in [1.54, 1.807) is 54.6 Å². The van der Waals surface area contributed by atoms with E-state index in [1.165, 1.54) is 13.2 Å². The Morgan fingerprint density at radius 3 is 2.31 bits per heavy atom. The average Bonchev–Trinajstić information content (AvgIpc) is 3.35. The first kappa shape index (κ1) is 21.1. The van der Waals surface area contributed by atoms with E-state index in [-0.39, 0.29) is 23.5 Å². The SMILES string of the molecule is COC(=O)c1ccc(/C=C/C(=O)Nc2nnc(CN3C(=O)c4ccccc4C3=O)s2)cc1. The van der Waals surface area contributed by atoms with Gasteiger partial charge in [0.2, 0.25) is 11.0 Å². The fourth-order valence-electron chi connectivity index (χ4n) is 3.05. The van der Waals surface area contributed by atoms with Gasteiger partial charge in [0.05, 0.1) is 30.3 Å². The molecule has 9 nitrogen and oxygen atoms in total. The largest absolute Gasteiger partial charge is 0.465 e. The molecule has 0 spiro atoms. The van der Waals surface area contributed by atoms with E-state index >= 15 is 0 Å². The quantitative estimate of drug-likeness (QED) is 0.350. The predicted molar refractivity (Wildman–Crippen MR) is 116 cm³/mol. The molecule has 0 unspecified atom stereocenters. The van der Waals surface area contributed by atoms with E-state index in [9.17, 15) is 19.2 Å². The molecule has 0 saturated heterocycles. The zero-order chi connectivity index (χ0) is 22.7. The molecule has 32 heavy (non-hydrogen) atoms. The molecule has 4 rings (SSSR count). The van der Waals surface area contributed by atoms with Gasteiger partial charge < -0.3 is 4.74 Å². The summed E-state index contributed by atoms with van der Waals surface area (Å²) in [6.07, 6.45) is 2.90. The molecule has 1 aliphatic rings. The van der Waals surface area contributed by atoms with E-state index in [1.807, 2.05) is 0 Å². The third-order valence-electron chi connectivity index (χ3n) is 4.63. The summed E-state index contributed by atoms with van der Waals surface area (Å²) in [5.74, 6) is -1.63. The summed E-state index contributed by atoms with van der Waals surface area (Å²) in [5.41, 5.74) is 1.85. The van der Waals surface area contributed by atoms with Gasteiger partial charge in [0.15, 0.2) is 0 Å². The minimum atomic E-state index is -0.438. The lowest BCUT2D eigenvalue weighted by molar-refractivity contribution is -0.111. The normalized spacial score (nSPS) is 12.8. The van der Waals surface area contributed by atoms with Crippen LogP contribution in [0.25, 0.3) is 6.08 Å². The maximum Gasteiger partial charge on any atom is 0.337 e. The first-order chi connectivity index (χ1) is 15.5. The highest BCUT2D eigenvalue weighted by Gasteiger charge is 2.35. The van der Waals surface area contributed by atoms with Gasteiger partial charge in [0, 0.05) is 6.08 Å². The number of hydrogen-bond donors (Lipinski definition) is 1. The molecule has 0 fully saturated rings. The molecular formula is C22H16N4O5S. The standard InChI is InChI=1S/C22H16N4O5S/c1-31-21(30)14-9-6-13(7-10-14)8-11-17(27)23-22-25-24-18(32-22)12-26-19(28)15-4-2-3-5-16(15)20(26)29/h2-11H,12H2,1H3,(H,23,25,27)/b11-8+. The number of amides is 3. The highest BCUT2D eigenvalue weighted by Crippen LogP contribution is 2.26. The van der Waals surface area contributed by atoms with Crippen molar-refractivity contribution < 1.29 is 23.9 Å². The van der Waals surface area contributed by atoms with E-state index < -0.39 is 11.9 Å². The maximum absolute atomic E-state index is 12.4. The average molecular weight is 448 g/mol. The smallest absolute Gasteiger partial charge is 0.337 e. The van der Waals surface area contributed by atoms with Crippen LogP contribution in [-0.2, 0) is 16.1 Å². The number of nitrogens with one attached hydrogen (secondary N) is 1. The molecule has 1 aromatic heterocycles. The van der Waals surface area contributed by atoms with Gasteiger partial charge in [0.25, 0.3) is 11.8 Å². The Morgan fingerprint density at radius 2 is 1.69 bits per heavy atom. The van der Waals surface area contributed by atoms with Gasteiger partial charge in [-0.15, -0.1) is 10.2 Å². The summed E-state index contributed by atoms with van der Waals surface area (Å²) >= 11 is 1.07. The fourth-order valence-corrected chi connectivity index (χ4v) is 3.78. The molecule has 3 aromatic rings. The Bertz CT molecular complexity index is 1210. The Morgan fingerprint density at radius 1 is 1.03 bits per heavy atom. The number of hydrogen-bond acceptors (Lipinski definition) is 8. The van der Waals surface area contributed by atoms with Gasteiger partial charge in [0.1, 0.15) is 5.01 Å². The van der Waals surface area contributed by atoms with Crippen molar-refractivity contribution in [2.24, 2.45) is 0 Å². The third-order valence-corrected chi connectivity index (χ3v) is 5.45. The van der Waals surface area contributed by atoms with Crippen LogP contribution >= 0.6 is 11.3 Å². The lowest BCUT2D eigenvalue weighted by Gasteiger charge is -2.10. The topological polar surface area (TPSA) is 119 Å². The molecule has 2 aromatic carbocycles. The van der Waals surface area contributed by atoms with Gasteiger partial charge in [-0.25, -0.2) is 4.79 Å². The first-order valence-corrected chi connectivity index (χ1v) is 10.2. The lowest BCUT2D eigenvalue weighted by Crippen LogP contribution is -2.29. The van der Waals surface area contributed by atoms with Crippen LogP contribution in [0, 0.1) is 0 Å². The molecule has 1 N–H and O–H groups in total. The Kier molecular flexibility index (Phi) is 5.86. The number of methoxy groups -OCH3 is 1. The predicted octanol–water partition coefficient (Wildman–Crippen LogP) is 2.77. The number of rotatable bonds is 6. The number of benzene rings is 2. The number of carbonyl (C=O) groups is 4. The van der Waals surface area contributed by atoms with E-state index in [4.69, 9.17) is 0 Å². The molecular weight excluding hydrogens is 432 g/mol. The van der Waals surface area contributed by atoms with Crippen molar-refractivity contribution in [1.29, 1.82) is 0 Å². The van der Waals surface area contributed by atoms with E-state index in [2.05, 4.69) is 20.3 Å². The Balaban J connectivity index is 1.36. The van der Waals surface area contributed by atoms with Crippen LogP contribution in [0.3, 0.4) is 0 Å². The van der Waals surface area contributed by atoms with Crippen LogP contribution in [0.2, 0.25) is 0 Å². The van der Waals surface area contributed by atoms with Crippen molar-refractivity contribution in [3.8, 4) is 0 Å². The zero-order valence-electron chi connectivity index (χ0n) is 16.8. The summed E-state index contributed by atoms with van der Waals surface area (Å²) in [6.45, 7) is -0.0255.